The van der Waals surface area contributed by atoms with Crippen LogP contribution in [0.3, 0.4) is 0 Å². The van der Waals surface area contributed by atoms with Gasteiger partial charge in [0.25, 0.3) is 6.43 Å². The number of ether oxygens (including phenoxy) is 1. The summed E-state index contributed by atoms with van der Waals surface area (Å²) in [6.45, 7) is 0. The van der Waals surface area contributed by atoms with Crippen molar-refractivity contribution in [2.24, 2.45) is 0 Å². The molecule has 9 heteroatoms. The van der Waals surface area contributed by atoms with E-state index in [1.54, 1.807) is 22.6 Å². The van der Waals surface area contributed by atoms with E-state index in [0.717, 1.165) is 6.20 Å². The lowest BCUT2D eigenvalue weighted by Gasteiger charge is -2.16. The zero-order chi connectivity index (χ0) is 13.2. The lowest BCUT2D eigenvalue weighted by atomic mass is 10.2. The number of alkyl halides is 6. The Hall–Kier alpha value is -0.380. The minimum Gasteiger partial charge on any atom is -0.403 e. The summed E-state index contributed by atoms with van der Waals surface area (Å²) < 4.78 is 65.1. The molecular formula is C8H4ClF5INO. The van der Waals surface area contributed by atoms with Crippen LogP contribution in [0.2, 0.25) is 0 Å². The molecule has 0 unspecified atom stereocenters. The van der Waals surface area contributed by atoms with Crippen LogP contribution in [0.1, 0.15) is 17.7 Å². The summed E-state index contributed by atoms with van der Waals surface area (Å²) in [5, 5.41) is 0. The summed E-state index contributed by atoms with van der Waals surface area (Å²) in [4.78, 5) is 3.23. The summed E-state index contributed by atoms with van der Waals surface area (Å²) in [5.74, 6) is -1.40. The van der Waals surface area contributed by atoms with Crippen molar-refractivity contribution in [3.05, 3.63) is 21.0 Å². The van der Waals surface area contributed by atoms with Gasteiger partial charge in [-0.15, -0.1) is 24.8 Å². The van der Waals surface area contributed by atoms with Crippen molar-refractivity contribution in [1.29, 1.82) is 0 Å². The molecule has 1 heterocycles. The van der Waals surface area contributed by atoms with Crippen molar-refractivity contribution in [3.63, 3.8) is 0 Å². The zero-order valence-electron chi connectivity index (χ0n) is 7.86. The Labute approximate surface area is 111 Å². The summed E-state index contributed by atoms with van der Waals surface area (Å²) in [7, 11) is 0. The molecule has 96 valence electrons. The van der Waals surface area contributed by atoms with Crippen molar-refractivity contribution in [1.82, 2.24) is 4.98 Å². The van der Waals surface area contributed by atoms with Crippen LogP contribution in [0.4, 0.5) is 22.0 Å². The number of hydrogen-bond acceptors (Lipinski definition) is 2. The highest BCUT2D eigenvalue weighted by atomic mass is 127. The Morgan fingerprint density at radius 1 is 1.41 bits per heavy atom. The number of rotatable bonds is 3. The average Bonchev–Trinajstić information content (AvgIpc) is 2.15. The molecule has 0 aromatic carbocycles. The van der Waals surface area contributed by atoms with Gasteiger partial charge < -0.3 is 4.74 Å². The van der Waals surface area contributed by atoms with E-state index in [-0.39, 0.29) is 15.0 Å². The monoisotopic (exact) mass is 387 g/mol. The van der Waals surface area contributed by atoms with Gasteiger partial charge in [0, 0.05) is 15.3 Å². The average molecular weight is 387 g/mol. The Morgan fingerprint density at radius 2 is 2.00 bits per heavy atom. The molecule has 1 aromatic heterocycles. The van der Waals surface area contributed by atoms with Crippen molar-refractivity contribution in [2.75, 3.05) is 0 Å². The van der Waals surface area contributed by atoms with Gasteiger partial charge in [0.1, 0.15) is 5.69 Å². The summed E-state index contributed by atoms with van der Waals surface area (Å²) in [5.41, 5.74) is -1.23. The van der Waals surface area contributed by atoms with Crippen LogP contribution in [0.15, 0.2) is 6.20 Å². The van der Waals surface area contributed by atoms with Crippen LogP contribution < -0.4 is 4.74 Å². The molecule has 2 nitrogen and oxygen atoms in total. The maximum absolute atomic E-state index is 12.5. The lowest BCUT2D eigenvalue weighted by Crippen LogP contribution is -2.20. The summed E-state index contributed by atoms with van der Waals surface area (Å²) >= 11 is 7.06. The van der Waals surface area contributed by atoms with Crippen LogP contribution in [0.25, 0.3) is 0 Å². The largest absolute Gasteiger partial charge is 0.573 e. The minimum atomic E-state index is -5.07. The van der Waals surface area contributed by atoms with E-state index in [2.05, 4.69) is 9.72 Å². The molecule has 0 aliphatic rings. The third kappa shape index (κ3) is 3.80. The number of pyridine rings is 1. The molecule has 0 aliphatic heterocycles. The second-order valence-electron chi connectivity index (χ2n) is 2.78. The fourth-order valence-electron chi connectivity index (χ4n) is 1.04. The van der Waals surface area contributed by atoms with Crippen LogP contribution in [0, 0.1) is 3.57 Å². The molecular weight excluding hydrogens is 383 g/mol. The van der Waals surface area contributed by atoms with E-state index in [0.29, 0.717) is 0 Å². The van der Waals surface area contributed by atoms with Gasteiger partial charge in [-0.05, 0) is 22.6 Å². The van der Waals surface area contributed by atoms with Gasteiger partial charge in [0.15, 0.2) is 5.75 Å². The Balaban J connectivity index is 3.34. The van der Waals surface area contributed by atoms with Gasteiger partial charge in [-0.3, -0.25) is 4.98 Å². The fourth-order valence-corrected chi connectivity index (χ4v) is 2.10. The second kappa shape index (κ2) is 5.51. The van der Waals surface area contributed by atoms with Crippen LogP contribution in [0.5, 0.6) is 5.75 Å². The van der Waals surface area contributed by atoms with Gasteiger partial charge >= 0.3 is 6.36 Å². The Kier molecular flexibility index (Phi) is 4.76. The molecule has 0 atom stereocenters. The zero-order valence-corrected chi connectivity index (χ0v) is 10.8. The molecule has 0 N–H and O–H groups in total. The molecule has 0 bridgehead atoms. The van der Waals surface area contributed by atoms with E-state index in [1.165, 1.54) is 0 Å². The van der Waals surface area contributed by atoms with E-state index in [4.69, 9.17) is 11.6 Å². The first-order valence-corrected chi connectivity index (χ1v) is 5.64. The maximum atomic E-state index is 12.5. The molecule has 1 aromatic rings. The first-order valence-electron chi connectivity index (χ1n) is 4.03. The van der Waals surface area contributed by atoms with Crippen molar-refractivity contribution < 1.29 is 26.7 Å². The van der Waals surface area contributed by atoms with Gasteiger partial charge in [-0.2, -0.15) is 0 Å². The van der Waals surface area contributed by atoms with E-state index in [1.807, 2.05) is 0 Å². The first kappa shape index (κ1) is 14.7. The highest BCUT2D eigenvalue weighted by molar-refractivity contribution is 14.1. The van der Waals surface area contributed by atoms with Crippen molar-refractivity contribution in [3.8, 4) is 5.75 Å². The first-order chi connectivity index (χ1) is 7.76. The fraction of sp³-hybridized carbons (Fsp3) is 0.375. The summed E-state index contributed by atoms with van der Waals surface area (Å²) in [6.07, 6.45) is -7.23. The molecule has 17 heavy (non-hydrogen) atoms. The van der Waals surface area contributed by atoms with Crippen LogP contribution in [-0.4, -0.2) is 11.3 Å². The van der Waals surface area contributed by atoms with E-state index >= 15 is 0 Å². The number of nitrogens with zero attached hydrogens (tertiary/aromatic N) is 1. The van der Waals surface area contributed by atoms with Crippen LogP contribution in [-0.2, 0) is 5.88 Å². The smallest absolute Gasteiger partial charge is 0.403 e. The molecule has 0 fully saturated rings. The predicted octanol–water partition coefficient (Wildman–Crippen LogP) is 4.26. The van der Waals surface area contributed by atoms with Crippen LogP contribution >= 0.6 is 34.2 Å². The highest BCUT2D eigenvalue weighted by Gasteiger charge is 2.35. The molecule has 0 aliphatic carbocycles. The SMILES string of the molecule is FC(F)c1ncc(I)c(CCl)c1OC(F)(F)F. The lowest BCUT2D eigenvalue weighted by molar-refractivity contribution is -0.275. The Bertz CT molecular complexity index is 412. The third-order valence-corrected chi connectivity index (χ3v) is 2.87. The predicted molar refractivity (Wildman–Crippen MR) is 58.2 cm³/mol. The number of aromatic nitrogens is 1. The number of halogens is 7. The van der Waals surface area contributed by atoms with E-state index < -0.39 is 24.2 Å². The standard InChI is InChI=1S/C8H4ClF5INO/c9-1-3-4(15)2-16-5(7(10)11)6(3)17-8(12,13)14/h2,7H,1H2. The van der Waals surface area contributed by atoms with Gasteiger partial charge in [0.2, 0.25) is 0 Å². The third-order valence-electron chi connectivity index (χ3n) is 1.67. The molecule has 0 amide bonds. The van der Waals surface area contributed by atoms with Gasteiger partial charge in [-0.1, -0.05) is 0 Å². The van der Waals surface area contributed by atoms with Crippen molar-refractivity contribution in [2.45, 2.75) is 18.7 Å². The quantitative estimate of drug-likeness (QED) is 0.439. The van der Waals surface area contributed by atoms with Crippen molar-refractivity contribution >= 4 is 34.2 Å². The molecule has 0 radical (unpaired) electrons. The van der Waals surface area contributed by atoms with E-state index in [9.17, 15) is 22.0 Å². The number of hydrogen-bond donors (Lipinski definition) is 0. The van der Waals surface area contributed by atoms with Gasteiger partial charge in [-0.25, -0.2) is 8.78 Å². The summed E-state index contributed by atoms with van der Waals surface area (Å²) in [6, 6.07) is 0. The minimum absolute atomic E-state index is 0.158. The normalized spacial score (nSPS) is 12.0. The van der Waals surface area contributed by atoms with Gasteiger partial charge in [0.05, 0.1) is 5.88 Å². The molecule has 1 rings (SSSR count). The maximum Gasteiger partial charge on any atom is 0.573 e. The molecule has 0 saturated heterocycles. The molecule has 0 spiro atoms. The molecule has 0 saturated carbocycles. The Morgan fingerprint density at radius 3 is 2.41 bits per heavy atom. The highest BCUT2D eigenvalue weighted by Crippen LogP contribution is 2.37. The topological polar surface area (TPSA) is 22.1 Å². The second-order valence-corrected chi connectivity index (χ2v) is 4.21.